The summed E-state index contributed by atoms with van der Waals surface area (Å²) < 4.78 is 37.0. The first-order valence-corrected chi connectivity index (χ1v) is 13.9. The number of nitrogens with zero attached hydrogens (tertiary/aromatic N) is 1. The van der Waals surface area contributed by atoms with Crippen LogP contribution in [0, 0.1) is 5.92 Å². The molecule has 5 fully saturated rings. The standard InChI is InChI=1S/C27H38BrNO6/c1-27(2)21-6-5-17(32-13-30-3)11-20(21)24-23(35-27)12-22(25(28)26(24)33-14-31-4)29-15-7-18-9-16(29)10-19(8-15)34-18/h12,15-21H,5-11,13-14H2,1-4H3/t15?,16?,17-,18?,19?,20-,21-/m1/s1. The van der Waals surface area contributed by atoms with Crippen molar-refractivity contribution in [2.24, 2.45) is 5.92 Å². The molecule has 7 rings (SSSR count). The Labute approximate surface area is 216 Å². The first kappa shape index (κ1) is 24.3. The van der Waals surface area contributed by atoms with Crippen LogP contribution in [0.1, 0.15) is 70.3 Å². The van der Waals surface area contributed by atoms with Crippen LogP contribution < -0.4 is 14.4 Å². The summed E-state index contributed by atoms with van der Waals surface area (Å²) in [7, 11) is 3.35. The van der Waals surface area contributed by atoms with Crippen LogP contribution in [0.2, 0.25) is 0 Å². The van der Waals surface area contributed by atoms with Gasteiger partial charge in [0.05, 0.1) is 28.5 Å². The van der Waals surface area contributed by atoms with Gasteiger partial charge >= 0.3 is 0 Å². The fraction of sp³-hybridized carbons (Fsp3) is 0.778. The van der Waals surface area contributed by atoms with Gasteiger partial charge in [-0.15, -0.1) is 0 Å². The van der Waals surface area contributed by atoms with Crippen molar-refractivity contribution in [2.75, 3.05) is 32.7 Å². The third kappa shape index (κ3) is 4.17. The lowest BCUT2D eigenvalue weighted by molar-refractivity contribution is -0.120. The van der Waals surface area contributed by atoms with Crippen molar-refractivity contribution in [1.82, 2.24) is 0 Å². The molecule has 5 aliphatic heterocycles. The summed E-state index contributed by atoms with van der Waals surface area (Å²) in [6.45, 7) is 5.00. The Morgan fingerprint density at radius 3 is 2.34 bits per heavy atom. The number of halogens is 1. The summed E-state index contributed by atoms with van der Waals surface area (Å²) in [5.41, 5.74) is 2.07. The minimum absolute atomic E-state index is 0.167. The lowest BCUT2D eigenvalue weighted by atomic mass is 9.66. The van der Waals surface area contributed by atoms with Gasteiger partial charge in [0.25, 0.3) is 0 Å². The van der Waals surface area contributed by atoms with E-state index in [1.165, 1.54) is 5.69 Å². The van der Waals surface area contributed by atoms with Crippen LogP contribution in [0.15, 0.2) is 10.5 Å². The zero-order chi connectivity index (χ0) is 24.3. The molecule has 0 N–H and O–H groups in total. The molecular formula is C27H38BrNO6. The number of piperidine rings is 2. The predicted octanol–water partition coefficient (Wildman–Crippen LogP) is 5.37. The van der Waals surface area contributed by atoms with Crippen molar-refractivity contribution in [2.45, 2.75) is 101 Å². The summed E-state index contributed by atoms with van der Waals surface area (Å²) in [6.07, 6.45) is 8.38. The van der Waals surface area contributed by atoms with Gasteiger partial charge in [-0.25, -0.2) is 0 Å². The van der Waals surface area contributed by atoms with Crippen LogP contribution in [-0.2, 0) is 18.9 Å². The maximum atomic E-state index is 6.81. The van der Waals surface area contributed by atoms with Crippen LogP contribution in [0.5, 0.6) is 11.5 Å². The van der Waals surface area contributed by atoms with Gasteiger partial charge in [0, 0.05) is 49.8 Å². The summed E-state index contributed by atoms with van der Waals surface area (Å²) in [6, 6.07) is 3.28. The van der Waals surface area contributed by atoms with E-state index in [0.29, 0.717) is 37.0 Å². The van der Waals surface area contributed by atoms with E-state index in [9.17, 15) is 0 Å². The first-order valence-electron chi connectivity index (χ1n) is 13.1. The minimum Gasteiger partial charge on any atom is -0.487 e. The summed E-state index contributed by atoms with van der Waals surface area (Å²) >= 11 is 4.00. The Kier molecular flexibility index (Phi) is 6.49. The highest BCUT2D eigenvalue weighted by Crippen LogP contribution is 2.59. The second kappa shape index (κ2) is 9.35. The van der Waals surface area contributed by atoms with Crippen molar-refractivity contribution < 1.29 is 28.4 Å². The number of methoxy groups -OCH3 is 2. The van der Waals surface area contributed by atoms with E-state index in [1.807, 2.05) is 0 Å². The SMILES string of the molecule is COCOc1c(Br)c(N2C3CC4CC2CC(C3)O4)cc2c1[C@@H]1C[C@H](OCOC)CC[C@H]1C(C)(C)O2. The van der Waals surface area contributed by atoms with Gasteiger partial charge < -0.3 is 33.3 Å². The molecule has 4 saturated heterocycles. The molecule has 7 nitrogen and oxygen atoms in total. The maximum Gasteiger partial charge on any atom is 0.188 e. The zero-order valence-electron chi connectivity index (χ0n) is 21.3. The predicted molar refractivity (Wildman–Crippen MR) is 135 cm³/mol. The van der Waals surface area contributed by atoms with Crippen LogP contribution in [0.3, 0.4) is 0 Å². The number of benzene rings is 1. The first-order chi connectivity index (χ1) is 16.9. The Hall–Kier alpha value is -1.06. The molecule has 35 heavy (non-hydrogen) atoms. The largest absolute Gasteiger partial charge is 0.487 e. The topological polar surface area (TPSA) is 58.6 Å². The van der Waals surface area contributed by atoms with Gasteiger partial charge in [0.1, 0.15) is 23.9 Å². The van der Waals surface area contributed by atoms with Gasteiger partial charge in [0.15, 0.2) is 6.79 Å². The molecule has 1 aliphatic carbocycles. The van der Waals surface area contributed by atoms with Gasteiger partial charge in [0.2, 0.25) is 0 Å². The Morgan fingerprint density at radius 2 is 1.69 bits per heavy atom. The molecule has 0 aromatic heterocycles. The third-order valence-electron chi connectivity index (χ3n) is 8.97. The van der Waals surface area contributed by atoms with Crippen molar-refractivity contribution in [3.63, 3.8) is 0 Å². The summed E-state index contributed by atoms with van der Waals surface area (Å²) in [4.78, 5) is 2.63. The molecule has 4 bridgehead atoms. The normalized spacial score (nSPS) is 36.5. The number of anilines is 1. The average molecular weight is 553 g/mol. The van der Waals surface area contributed by atoms with E-state index in [2.05, 4.69) is 40.7 Å². The maximum absolute atomic E-state index is 6.81. The van der Waals surface area contributed by atoms with Crippen LogP contribution in [-0.4, -0.2) is 63.8 Å². The van der Waals surface area contributed by atoms with Crippen molar-refractivity contribution in [3.8, 4) is 11.5 Å². The van der Waals surface area contributed by atoms with E-state index in [4.69, 9.17) is 28.4 Å². The zero-order valence-corrected chi connectivity index (χ0v) is 22.8. The molecule has 0 amide bonds. The van der Waals surface area contributed by atoms with Crippen molar-refractivity contribution in [3.05, 3.63) is 16.1 Å². The van der Waals surface area contributed by atoms with Gasteiger partial charge in [-0.2, -0.15) is 0 Å². The summed E-state index contributed by atoms with van der Waals surface area (Å²) in [5.74, 6) is 2.47. The van der Waals surface area contributed by atoms with Gasteiger partial charge in [-0.1, -0.05) is 0 Å². The fourth-order valence-corrected chi connectivity index (χ4v) is 8.34. The quantitative estimate of drug-likeness (QED) is 0.422. The molecule has 1 saturated carbocycles. The molecule has 0 radical (unpaired) electrons. The monoisotopic (exact) mass is 551 g/mol. The van der Waals surface area contributed by atoms with E-state index < -0.39 is 0 Å². The highest BCUT2D eigenvalue weighted by molar-refractivity contribution is 9.10. The van der Waals surface area contributed by atoms with E-state index in [0.717, 1.165) is 66.5 Å². The van der Waals surface area contributed by atoms with Crippen molar-refractivity contribution in [1.29, 1.82) is 0 Å². The fourth-order valence-electron chi connectivity index (χ4n) is 7.69. The highest BCUT2D eigenvalue weighted by atomic mass is 79.9. The molecule has 5 heterocycles. The molecule has 0 unspecified atom stereocenters. The molecule has 194 valence electrons. The second-order valence-electron chi connectivity index (χ2n) is 11.5. The molecule has 1 aromatic carbocycles. The number of ether oxygens (including phenoxy) is 6. The third-order valence-corrected chi connectivity index (χ3v) is 9.74. The molecular weight excluding hydrogens is 514 g/mol. The molecule has 0 spiro atoms. The lowest BCUT2D eigenvalue weighted by Gasteiger charge is -2.57. The summed E-state index contributed by atoms with van der Waals surface area (Å²) in [5, 5.41) is 0. The molecule has 8 heteroatoms. The van der Waals surface area contributed by atoms with E-state index >= 15 is 0 Å². The average Bonchev–Trinajstić information content (AvgIpc) is 2.82. The Morgan fingerprint density at radius 1 is 1.00 bits per heavy atom. The number of hydrogen-bond donors (Lipinski definition) is 0. The lowest BCUT2D eigenvalue weighted by Crippen LogP contribution is -2.62. The van der Waals surface area contributed by atoms with E-state index in [-0.39, 0.29) is 24.4 Å². The van der Waals surface area contributed by atoms with Gasteiger partial charge in [-0.05, 0) is 74.7 Å². The number of hydrogen-bond acceptors (Lipinski definition) is 7. The highest BCUT2D eigenvalue weighted by Gasteiger charge is 2.51. The Balaban J connectivity index is 1.42. The van der Waals surface area contributed by atoms with Crippen LogP contribution >= 0.6 is 15.9 Å². The second-order valence-corrected chi connectivity index (χ2v) is 12.3. The van der Waals surface area contributed by atoms with Crippen LogP contribution in [0.4, 0.5) is 5.69 Å². The van der Waals surface area contributed by atoms with Gasteiger partial charge in [-0.3, -0.25) is 0 Å². The Bertz CT molecular complexity index is 926. The minimum atomic E-state index is -0.263. The van der Waals surface area contributed by atoms with Crippen molar-refractivity contribution >= 4 is 21.6 Å². The number of fused-ring (bicyclic) bond motifs is 3. The van der Waals surface area contributed by atoms with Crippen LogP contribution in [0.25, 0.3) is 0 Å². The smallest absolute Gasteiger partial charge is 0.188 e. The molecule has 1 aromatic rings. The molecule has 6 aliphatic rings. The molecule has 3 atom stereocenters. The van der Waals surface area contributed by atoms with E-state index in [1.54, 1.807) is 14.2 Å². The number of rotatable bonds is 7.